The summed E-state index contributed by atoms with van der Waals surface area (Å²) in [4.78, 5) is 24.5. The summed E-state index contributed by atoms with van der Waals surface area (Å²) < 4.78 is 10.5. The van der Waals surface area contributed by atoms with Crippen LogP contribution in [-0.4, -0.2) is 50.1 Å². The number of benzene rings is 2. The molecule has 0 aromatic heterocycles. The van der Waals surface area contributed by atoms with E-state index in [9.17, 15) is 14.9 Å². The molecule has 8 heteroatoms. The molecule has 8 nitrogen and oxygen atoms in total. The first-order chi connectivity index (χ1) is 12.9. The van der Waals surface area contributed by atoms with E-state index in [2.05, 4.69) is 5.32 Å². The van der Waals surface area contributed by atoms with Crippen molar-refractivity contribution in [3.63, 3.8) is 0 Å². The first-order valence-electron chi connectivity index (χ1n) is 8.35. The Morgan fingerprint density at radius 3 is 2.44 bits per heavy atom. The number of amides is 1. The van der Waals surface area contributed by atoms with Gasteiger partial charge in [-0.2, -0.15) is 0 Å². The number of methoxy groups -OCH3 is 1. The quantitative estimate of drug-likeness (QED) is 0.536. The van der Waals surface area contributed by atoms with Crippen LogP contribution in [0.3, 0.4) is 0 Å². The zero-order valence-electron chi connectivity index (χ0n) is 15.5. The third kappa shape index (κ3) is 5.68. The number of nitro groups is 1. The molecular formula is C19H23N3O5. The molecular weight excluding hydrogens is 350 g/mol. The number of para-hydroxylation sites is 2. The Bertz CT molecular complexity index is 777. The van der Waals surface area contributed by atoms with Crippen LogP contribution in [0.15, 0.2) is 48.5 Å². The van der Waals surface area contributed by atoms with Gasteiger partial charge < -0.3 is 19.7 Å². The standard InChI is InChI=1S/C19H23N3O5/c1-21(2)17(14-8-10-15(26-3)11-9-14)12-20-19(23)13-27-18-7-5-4-6-16(18)22(24)25/h4-11,17H,12-13H2,1-3H3,(H,20,23). The maximum Gasteiger partial charge on any atom is 0.310 e. The first-order valence-corrected chi connectivity index (χ1v) is 8.35. The highest BCUT2D eigenvalue weighted by Gasteiger charge is 2.17. The molecule has 0 heterocycles. The first kappa shape index (κ1) is 20.2. The zero-order chi connectivity index (χ0) is 19.8. The lowest BCUT2D eigenvalue weighted by atomic mass is 10.1. The van der Waals surface area contributed by atoms with Crippen molar-refractivity contribution in [1.82, 2.24) is 10.2 Å². The number of carbonyl (C=O) groups is 1. The van der Waals surface area contributed by atoms with Gasteiger partial charge in [0.25, 0.3) is 5.91 Å². The molecule has 1 atom stereocenters. The minimum atomic E-state index is -0.543. The molecule has 0 aliphatic carbocycles. The van der Waals surface area contributed by atoms with Gasteiger partial charge in [-0.3, -0.25) is 14.9 Å². The molecule has 0 fully saturated rings. The molecule has 0 saturated carbocycles. The normalized spacial score (nSPS) is 11.7. The lowest BCUT2D eigenvalue weighted by Crippen LogP contribution is -2.36. The average molecular weight is 373 g/mol. The van der Waals surface area contributed by atoms with Crippen molar-refractivity contribution in [2.75, 3.05) is 34.4 Å². The maximum absolute atomic E-state index is 12.1. The van der Waals surface area contributed by atoms with E-state index in [-0.39, 0.29) is 30.0 Å². The summed E-state index contributed by atoms with van der Waals surface area (Å²) in [7, 11) is 5.45. The smallest absolute Gasteiger partial charge is 0.310 e. The van der Waals surface area contributed by atoms with Crippen molar-refractivity contribution in [1.29, 1.82) is 0 Å². The average Bonchev–Trinajstić information content (AvgIpc) is 2.67. The second kappa shape index (κ2) is 9.54. The highest BCUT2D eigenvalue weighted by atomic mass is 16.6. The summed E-state index contributed by atoms with van der Waals surface area (Å²) >= 11 is 0. The van der Waals surface area contributed by atoms with Gasteiger partial charge in [-0.15, -0.1) is 0 Å². The Morgan fingerprint density at radius 2 is 1.85 bits per heavy atom. The Balaban J connectivity index is 1.93. The van der Waals surface area contributed by atoms with Crippen LogP contribution < -0.4 is 14.8 Å². The second-order valence-electron chi connectivity index (χ2n) is 6.07. The molecule has 0 spiro atoms. The van der Waals surface area contributed by atoms with E-state index in [0.29, 0.717) is 6.54 Å². The van der Waals surface area contributed by atoms with E-state index in [0.717, 1.165) is 11.3 Å². The molecule has 1 N–H and O–H groups in total. The van der Waals surface area contributed by atoms with Crippen LogP contribution in [0.4, 0.5) is 5.69 Å². The largest absolute Gasteiger partial charge is 0.497 e. The van der Waals surface area contributed by atoms with Gasteiger partial charge in [0, 0.05) is 12.6 Å². The topological polar surface area (TPSA) is 93.9 Å². The van der Waals surface area contributed by atoms with Gasteiger partial charge in [0.1, 0.15) is 5.75 Å². The molecule has 0 radical (unpaired) electrons. The van der Waals surface area contributed by atoms with Crippen LogP contribution in [-0.2, 0) is 4.79 Å². The fourth-order valence-corrected chi connectivity index (χ4v) is 2.56. The third-order valence-corrected chi connectivity index (χ3v) is 4.04. The van der Waals surface area contributed by atoms with Crippen LogP contribution in [0.25, 0.3) is 0 Å². The van der Waals surface area contributed by atoms with Crippen molar-refractivity contribution in [2.24, 2.45) is 0 Å². The van der Waals surface area contributed by atoms with Crippen molar-refractivity contribution in [3.05, 3.63) is 64.2 Å². The Kier molecular flexibility index (Phi) is 7.13. The van der Waals surface area contributed by atoms with Gasteiger partial charge in [0.05, 0.1) is 18.1 Å². The number of nitrogens with one attached hydrogen (secondary N) is 1. The summed E-state index contributed by atoms with van der Waals surface area (Å²) in [5.74, 6) is 0.476. The lowest BCUT2D eigenvalue weighted by molar-refractivity contribution is -0.385. The third-order valence-electron chi connectivity index (χ3n) is 4.04. The Morgan fingerprint density at radius 1 is 1.19 bits per heavy atom. The van der Waals surface area contributed by atoms with Crippen molar-refractivity contribution >= 4 is 11.6 Å². The van der Waals surface area contributed by atoms with Gasteiger partial charge in [-0.1, -0.05) is 24.3 Å². The fourth-order valence-electron chi connectivity index (χ4n) is 2.56. The molecule has 1 amide bonds. The van der Waals surface area contributed by atoms with Gasteiger partial charge in [-0.05, 0) is 37.9 Å². The van der Waals surface area contributed by atoms with E-state index in [1.807, 2.05) is 43.3 Å². The summed E-state index contributed by atoms with van der Waals surface area (Å²) in [6, 6.07) is 13.5. The Labute approximate surface area is 157 Å². The fraction of sp³-hybridized carbons (Fsp3) is 0.316. The summed E-state index contributed by atoms with van der Waals surface area (Å²) in [6.45, 7) is 0.0754. The molecule has 0 aliphatic heterocycles. The number of hydrogen-bond donors (Lipinski definition) is 1. The van der Waals surface area contributed by atoms with Crippen molar-refractivity contribution < 1.29 is 19.2 Å². The second-order valence-corrected chi connectivity index (χ2v) is 6.07. The molecule has 0 aliphatic rings. The predicted molar refractivity (Wildman–Crippen MR) is 101 cm³/mol. The molecule has 0 saturated heterocycles. The van der Waals surface area contributed by atoms with E-state index in [1.54, 1.807) is 19.2 Å². The number of nitrogens with zero attached hydrogens (tertiary/aromatic N) is 2. The van der Waals surface area contributed by atoms with Crippen molar-refractivity contribution in [3.8, 4) is 11.5 Å². The molecule has 144 valence electrons. The molecule has 27 heavy (non-hydrogen) atoms. The van der Waals surface area contributed by atoms with Crippen LogP contribution in [0.1, 0.15) is 11.6 Å². The number of likely N-dealkylation sites (N-methyl/N-ethyl adjacent to an activating group) is 1. The minimum Gasteiger partial charge on any atom is -0.497 e. The molecule has 0 bridgehead atoms. The highest BCUT2D eigenvalue weighted by molar-refractivity contribution is 5.77. The number of carbonyl (C=O) groups excluding carboxylic acids is 1. The minimum absolute atomic E-state index is 0.0362. The Hall–Kier alpha value is -3.13. The van der Waals surface area contributed by atoms with Crippen LogP contribution >= 0.6 is 0 Å². The number of hydrogen-bond acceptors (Lipinski definition) is 6. The van der Waals surface area contributed by atoms with Gasteiger partial charge in [-0.25, -0.2) is 0 Å². The lowest BCUT2D eigenvalue weighted by Gasteiger charge is -2.25. The summed E-state index contributed by atoms with van der Waals surface area (Å²) in [5, 5.41) is 13.8. The van der Waals surface area contributed by atoms with Crippen molar-refractivity contribution in [2.45, 2.75) is 6.04 Å². The molecule has 1 unspecified atom stereocenters. The van der Waals surface area contributed by atoms with E-state index < -0.39 is 4.92 Å². The van der Waals surface area contributed by atoms with Gasteiger partial charge >= 0.3 is 5.69 Å². The van der Waals surface area contributed by atoms with Crippen LogP contribution in [0, 0.1) is 10.1 Å². The maximum atomic E-state index is 12.1. The van der Waals surface area contributed by atoms with E-state index in [1.165, 1.54) is 12.1 Å². The number of rotatable bonds is 9. The zero-order valence-corrected chi connectivity index (χ0v) is 15.5. The number of ether oxygens (including phenoxy) is 2. The highest BCUT2D eigenvalue weighted by Crippen LogP contribution is 2.25. The van der Waals surface area contributed by atoms with E-state index in [4.69, 9.17) is 9.47 Å². The SMILES string of the molecule is COc1ccc(C(CNC(=O)COc2ccccc2[N+](=O)[O-])N(C)C)cc1. The predicted octanol–water partition coefficient (Wildman–Crippen LogP) is 2.40. The van der Waals surface area contributed by atoms with Gasteiger partial charge in [0.2, 0.25) is 0 Å². The summed E-state index contributed by atoms with van der Waals surface area (Å²) in [5.41, 5.74) is 0.857. The number of nitro benzene ring substituents is 1. The molecule has 2 aromatic rings. The van der Waals surface area contributed by atoms with E-state index >= 15 is 0 Å². The van der Waals surface area contributed by atoms with Crippen LogP contribution in [0.2, 0.25) is 0 Å². The molecule has 2 aromatic carbocycles. The monoisotopic (exact) mass is 373 g/mol. The van der Waals surface area contributed by atoms with Gasteiger partial charge in [0.15, 0.2) is 12.4 Å². The van der Waals surface area contributed by atoms with Crippen LogP contribution in [0.5, 0.6) is 11.5 Å². The molecule has 2 rings (SSSR count). The summed E-state index contributed by atoms with van der Waals surface area (Å²) in [6.07, 6.45) is 0.